The molecule has 0 aliphatic heterocycles. The average molecular weight is 438 g/mol. The molecule has 0 bridgehead atoms. The Labute approximate surface area is 171 Å². The molecule has 3 rings (SSSR count). The lowest BCUT2D eigenvalue weighted by Crippen LogP contribution is -2.12. The van der Waals surface area contributed by atoms with Crippen LogP contribution in [0.15, 0.2) is 38.7 Å². The molecule has 0 atom stereocenters. The van der Waals surface area contributed by atoms with Crippen LogP contribution in [0, 0.1) is 0 Å². The maximum absolute atomic E-state index is 12.2. The highest BCUT2D eigenvalue weighted by molar-refractivity contribution is 8.03. The molecule has 28 heavy (non-hydrogen) atoms. The van der Waals surface area contributed by atoms with Crippen molar-refractivity contribution >= 4 is 63.3 Å². The van der Waals surface area contributed by atoms with Crippen LogP contribution in [0.3, 0.4) is 0 Å². The van der Waals surface area contributed by atoms with Gasteiger partial charge in [-0.25, -0.2) is 9.78 Å². The Bertz CT molecular complexity index is 1010. The van der Waals surface area contributed by atoms with Gasteiger partial charge in [0.15, 0.2) is 8.68 Å². The Morgan fingerprint density at radius 2 is 1.89 bits per heavy atom. The number of carbonyl (C=O) groups excluding carboxylic acids is 2. The standard InChI is InChI=1S/C16H15N5O4S3/c1-25-14(24)12(13-18-8-4-2-3-5-9(8)19-13)10(22)6-26-15-20-21-16(28-15)27-7-11(17)23/h2-5,22H,6-7H2,1H3,(H2,17,23)(H,18,19)/b12-10+. The highest BCUT2D eigenvalue weighted by Crippen LogP contribution is 2.31. The average Bonchev–Trinajstić information content (AvgIpc) is 3.31. The molecule has 0 saturated heterocycles. The quantitative estimate of drug-likeness (QED) is 0.209. The summed E-state index contributed by atoms with van der Waals surface area (Å²) in [6.07, 6.45) is 0. The van der Waals surface area contributed by atoms with E-state index in [9.17, 15) is 14.7 Å². The Morgan fingerprint density at radius 1 is 1.21 bits per heavy atom. The number of nitrogens with two attached hydrogens (primary N) is 1. The number of thioether (sulfide) groups is 2. The molecule has 1 aromatic carbocycles. The Morgan fingerprint density at radius 3 is 2.54 bits per heavy atom. The number of carbonyl (C=O) groups is 2. The van der Waals surface area contributed by atoms with Crippen LogP contribution in [0.5, 0.6) is 0 Å². The van der Waals surface area contributed by atoms with E-state index in [0.29, 0.717) is 14.2 Å². The van der Waals surface area contributed by atoms with Gasteiger partial charge in [-0.05, 0) is 12.1 Å². The first-order valence-corrected chi connectivity index (χ1v) is 10.6. The first-order valence-electron chi connectivity index (χ1n) is 7.81. The molecule has 9 nitrogen and oxygen atoms in total. The number of benzene rings is 1. The molecule has 12 heteroatoms. The summed E-state index contributed by atoms with van der Waals surface area (Å²) >= 11 is 3.66. The molecule has 0 radical (unpaired) electrons. The number of hydrogen-bond donors (Lipinski definition) is 3. The van der Waals surface area contributed by atoms with Crippen molar-refractivity contribution in [3.63, 3.8) is 0 Å². The largest absolute Gasteiger partial charge is 0.510 e. The van der Waals surface area contributed by atoms with E-state index in [1.165, 1.54) is 42.0 Å². The molecule has 0 unspecified atom stereocenters. The van der Waals surface area contributed by atoms with Gasteiger partial charge in [0.25, 0.3) is 0 Å². The van der Waals surface area contributed by atoms with Crippen LogP contribution in [0.4, 0.5) is 0 Å². The minimum absolute atomic E-state index is 0.0426. The van der Waals surface area contributed by atoms with Crippen LogP contribution in [-0.2, 0) is 14.3 Å². The summed E-state index contributed by atoms with van der Waals surface area (Å²) in [5.74, 6) is -0.936. The van der Waals surface area contributed by atoms with E-state index in [1.54, 1.807) is 6.07 Å². The number of aliphatic hydroxyl groups excluding tert-OH is 1. The van der Waals surface area contributed by atoms with Crippen molar-refractivity contribution in [3.8, 4) is 0 Å². The molecule has 1 amide bonds. The molecule has 0 spiro atoms. The number of H-pyrrole nitrogens is 1. The number of aromatic nitrogens is 4. The molecular weight excluding hydrogens is 422 g/mol. The third-order valence-electron chi connectivity index (χ3n) is 3.36. The van der Waals surface area contributed by atoms with Crippen LogP contribution < -0.4 is 5.73 Å². The number of amides is 1. The predicted octanol–water partition coefficient (Wildman–Crippen LogP) is 2.23. The number of esters is 1. The number of para-hydroxylation sites is 2. The van der Waals surface area contributed by atoms with Crippen LogP contribution in [0.2, 0.25) is 0 Å². The Balaban J connectivity index is 1.79. The minimum atomic E-state index is -0.702. The molecule has 4 N–H and O–H groups in total. The number of fused-ring (bicyclic) bond motifs is 1. The van der Waals surface area contributed by atoms with Crippen molar-refractivity contribution in [3.05, 3.63) is 35.8 Å². The van der Waals surface area contributed by atoms with E-state index < -0.39 is 11.9 Å². The second-order valence-electron chi connectivity index (χ2n) is 5.29. The maximum Gasteiger partial charge on any atom is 0.345 e. The Hall–Kier alpha value is -2.57. The number of primary amides is 1. The predicted molar refractivity (Wildman–Crippen MR) is 108 cm³/mol. The highest BCUT2D eigenvalue weighted by Gasteiger charge is 2.22. The first kappa shape index (κ1) is 20.2. The van der Waals surface area contributed by atoms with E-state index in [2.05, 4.69) is 20.2 Å². The van der Waals surface area contributed by atoms with Gasteiger partial charge in [0.05, 0.1) is 29.6 Å². The second kappa shape index (κ2) is 9.08. The molecule has 146 valence electrons. The number of ether oxygens (including phenoxy) is 1. The zero-order chi connectivity index (χ0) is 20.1. The van der Waals surface area contributed by atoms with Crippen molar-refractivity contribution < 1.29 is 19.4 Å². The molecule has 3 aromatic rings. The first-order chi connectivity index (χ1) is 13.5. The van der Waals surface area contributed by atoms with Gasteiger partial charge >= 0.3 is 5.97 Å². The number of methoxy groups -OCH3 is 1. The lowest BCUT2D eigenvalue weighted by Gasteiger charge is -2.06. The lowest BCUT2D eigenvalue weighted by molar-refractivity contribution is -0.133. The zero-order valence-electron chi connectivity index (χ0n) is 14.5. The minimum Gasteiger partial charge on any atom is -0.510 e. The molecule has 0 aliphatic rings. The van der Waals surface area contributed by atoms with Crippen molar-refractivity contribution in [2.75, 3.05) is 18.6 Å². The third kappa shape index (κ3) is 4.82. The van der Waals surface area contributed by atoms with Crippen molar-refractivity contribution in [2.45, 2.75) is 8.68 Å². The summed E-state index contributed by atoms with van der Waals surface area (Å²) in [7, 11) is 1.23. The van der Waals surface area contributed by atoms with Crippen molar-refractivity contribution in [1.29, 1.82) is 0 Å². The van der Waals surface area contributed by atoms with Crippen LogP contribution >= 0.6 is 34.9 Å². The third-order valence-corrected chi connectivity index (χ3v) is 6.59. The van der Waals surface area contributed by atoms with Crippen LogP contribution in [0.25, 0.3) is 16.6 Å². The maximum atomic E-state index is 12.2. The van der Waals surface area contributed by atoms with Gasteiger partial charge in [0.2, 0.25) is 5.91 Å². The molecule has 0 fully saturated rings. The summed E-state index contributed by atoms with van der Waals surface area (Å²) in [5, 5.41) is 18.4. The van der Waals surface area contributed by atoms with E-state index in [4.69, 9.17) is 10.5 Å². The summed E-state index contributed by atoms with van der Waals surface area (Å²) in [5.41, 5.74) is 6.46. The van der Waals surface area contributed by atoms with Gasteiger partial charge in [-0.15, -0.1) is 10.2 Å². The van der Waals surface area contributed by atoms with Gasteiger partial charge in [-0.3, -0.25) is 4.79 Å². The highest BCUT2D eigenvalue weighted by atomic mass is 32.2. The fourth-order valence-corrected chi connectivity index (χ4v) is 4.81. The summed E-state index contributed by atoms with van der Waals surface area (Å²) < 4.78 is 5.96. The summed E-state index contributed by atoms with van der Waals surface area (Å²) in [6, 6.07) is 7.28. The summed E-state index contributed by atoms with van der Waals surface area (Å²) in [4.78, 5) is 30.4. The second-order valence-corrected chi connectivity index (χ2v) is 8.72. The van der Waals surface area contributed by atoms with Crippen LogP contribution in [-0.4, -0.2) is 55.8 Å². The molecule has 2 heterocycles. The number of imidazole rings is 1. The van der Waals surface area contributed by atoms with E-state index in [0.717, 1.165) is 5.52 Å². The molecule has 0 aliphatic carbocycles. The number of nitrogens with zero attached hydrogens (tertiary/aromatic N) is 3. The number of nitrogens with one attached hydrogen (secondary N) is 1. The Kier molecular flexibility index (Phi) is 6.54. The van der Waals surface area contributed by atoms with E-state index >= 15 is 0 Å². The van der Waals surface area contributed by atoms with Gasteiger partial charge in [-0.1, -0.05) is 47.0 Å². The normalized spacial score (nSPS) is 12.0. The zero-order valence-corrected chi connectivity index (χ0v) is 17.0. The number of rotatable bonds is 8. The monoisotopic (exact) mass is 437 g/mol. The molecule has 2 aromatic heterocycles. The molecule has 0 saturated carbocycles. The summed E-state index contributed by atoms with van der Waals surface area (Å²) in [6.45, 7) is 0. The number of aromatic amines is 1. The fourth-order valence-electron chi connectivity index (χ4n) is 2.17. The van der Waals surface area contributed by atoms with E-state index in [-0.39, 0.29) is 28.7 Å². The number of hydrogen-bond acceptors (Lipinski definition) is 10. The van der Waals surface area contributed by atoms with Crippen molar-refractivity contribution in [1.82, 2.24) is 20.2 Å². The van der Waals surface area contributed by atoms with E-state index in [1.807, 2.05) is 18.2 Å². The lowest BCUT2D eigenvalue weighted by atomic mass is 10.2. The van der Waals surface area contributed by atoms with Crippen LogP contribution in [0.1, 0.15) is 5.82 Å². The smallest absolute Gasteiger partial charge is 0.345 e. The molecular formula is C16H15N5O4S3. The number of aliphatic hydroxyl groups is 1. The van der Waals surface area contributed by atoms with Gasteiger partial charge in [-0.2, -0.15) is 0 Å². The van der Waals surface area contributed by atoms with Gasteiger partial charge in [0.1, 0.15) is 17.2 Å². The van der Waals surface area contributed by atoms with Gasteiger partial charge < -0.3 is 20.6 Å². The SMILES string of the molecule is COC(=O)/C(=C(/O)CSc1nnc(SCC(N)=O)s1)c1nc2ccccc2[nH]1. The topological polar surface area (TPSA) is 144 Å². The van der Waals surface area contributed by atoms with Crippen molar-refractivity contribution in [2.24, 2.45) is 5.73 Å². The fraction of sp³-hybridized carbons (Fsp3) is 0.188. The van der Waals surface area contributed by atoms with Gasteiger partial charge in [0, 0.05) is 0 Å².